The molecule has 2 aromatic rings. The number of carboxylic acids is 1. The molecule has 0 saturated heterocycles. The Morgan fingerprint density at radius 3 is 2.08 bits per heavy atom. The molecule has 1 amide bonds. The second-order valence-corrected chi connectivity index (χ2v) is 5.97. The quantitative estimate of drug-likeness (QED) is 0.847. The van der Waals surface area contributed by atoms with Crippen molar-refractivity contribution in [1.29, 1.82) is 0 Å². The van der Waals surface area contributed by atoms with E-state index >= 15 is 0 Å². The Balaban J connectivity index is 2.04. The van der Waals surface area contributed by atoms with Gasteiger partial charge in [0.15, 0.2) is 6.10 Å². The van der Waals surface area contributed by atoms with E-state index in [1.807, 2.05) is 31.2 Å². The molecule has 0 heterocycles. The molecule has 5 heteroatoms. The van der Waals surface area contributed by atoms with Crippen LogP contribution in [0.1, 0.15) is 29.8 Å². The number of carbonyl (C=O) groups excluding carboxylic acids is 1. The van der Waals surface area contributed by atoms with Crippen LogP contribution < -0.4 is 10.1 Å². The lowest BCUT2D eigenvalue weighted by molar-refractivity contribution is -0.147. The minimum absolute atomic E-state index is 0.160. The van der Waals surface area contributed by atoms with Gasteiger partial charge in [-0.05, 0) is 43.3 Å². The highest BCUT2D eigenvalue weighted by molar-refractivity contribution is 6.04. The summed E-state index contributed by atoms with van der Waals surface area (Å²) in [5.74, 6) is -0.981. The van der Waals surface area contributed by atoms with E-state index in [4.69, 9.17) is 9.84 Å². The highest BCUT2D eigenvalue weighted by atomic mass is 16.5. The van der Waals surface area contributed by atoms with Crippen molar-refractivity contribution in [2.24, 2.45) is 5.92 Å². The molecule has 2 aromatic carbocycles. The zero-order valence-corrected chi connectivity index (χ0v) is 13.9. The van der Waals surface area contributed by atoms with Crippen LogP contribution in [0.2, 0.25) is 0 Å². The van der Waals surface area contributed by atoms with E-state index in [0.717, 1.165) is 11.3 Å². The third-order valence-corrected chi connectivity index (χ3v) is 3.54. The third kappa shape index (κ3) is 4.59. The topological polar surface area (TPSA) is 75.6 Å². The normalized spacial score (nSPS) is 11.8. The summed E-state index contributed by atoms with van der Waals surface area (Å²) in [5, 5.41) is 12.0. The van der Waals surface area contributed by atoms with Crippen molar-refractivity contribution >= 4 is 17.6 Å². The van der Waals surface area contributed by atoms with Crippen molar-refractivity contribution in [2.75, 3.05) is 5.32 Å². The van der Waals surface area contributed by atoms with Crippen LogP contribution in [0.4, 0.5) is 5.69 Å². The molecule has 126 valence electrons. The molecule has 0 bridgehead atoms. The van der Waals surface area contributed by atoms with Crippen molar-refractivity contribution in [1.82, 2.24) is 0 Å². The van der Waals surface area contributed by atoms with Crippen molar-refractivity contribution in [3.05, 3.63) is 59.7 Å². The van der Waals surface area contributed by atoms with Crippen LogP contribution in [0.5, 0.6) is 5.75 Å². The van der Waals surface area contributed by atoms with Crippen LogP contribution in [0, 0.1) is 12.8 Å². The molecule has 0 saturated carbocycles. The number of aliphatic carboxylic acids is 1. The number of anilines is 1. The van der Waals surface area contributed by atoms with Gasteiger partial charge >= 0.3 is 5.97 Å². The summed E-state index contributed by atoms with van der Waals surface area (Å²) < 4.78 is 5.47. The van der Waals surface area contributed by atoms with E-state index in [0.29, 0.717) is 11.3 Å². The maximum Gasteiger partial charge on any atom is 0.345 e. The summed E-state index contributed by atoms with van der Waals surface area (Å²) >= 11 is 0. The van der Waals surface area contributed by atoms with Crippen LogP contribution in [0.25, 0.3) is 0 Å². The van der Waals surface area contributed by atoms with E-state index in [2.05, 4.69) is 5.32 Å². The smallest absolute Gasteiger partial charge is 0.345 e. The van der Waals surface area contributed by atoms with Crippen LogP contribution >= 0.6 is 0 Å². The molecule has 0 aliphatic carbocycles. The third-order valence-electron chi connectivity index (χ3n) is 3.54. The monoisotopic (exact) mass is 327 g/mol. The summed E-state index contributed by atoms with van der Waals surface area (Å²) in [6.45, 7) is 5.54. The minimum atomic E-state index is -1.01. The fourth-order valence-electron chi connectivity index (χ4n) is 2.14. The number of benzene rings is 2. The molecular formula is C19H21NO4. The molecule has 1 unspecified atom stereocenters. The maximum atomic E-state index is 12.2. The molecule has 2 N–H and O–H groups in total. The van der Waals surface area contributed by atoms with Gasteiger partial charge in [0.2, 0.25) is 0 Å². The molecule has 0 aliphatic heterocycles. The van der Waals surface area contributed by atoms with Gasteiger partial charge in [-0.1, -0.05) is 31.5 Å². The van der Waals surface area contributed by atoms with Gasteiger partial charge < -0.3 is 15.2 Å². The number of rotatable bonds is 6. The largest absolute Gasteiger partial charge is 0.478 e. The second kappa shape index (κ2) is 7.64. The Labute approximate surface area is 141 Å². The molecule has 0 fully saturated rings. The highest BCUT2D eigenvalue weighted by Crippen LogP contribution is 2.18. The van der Waals surface area contributed by atoms with Gasteiger partial charge in [0, 0.05) is 17.2 Å². The van der Waals surface area contributed by atoms with Gasteiger partial charge in [-0.15, -0.1) is 0 Å². The zero-order valence-electron chi connectivity index (χ0n) is 13.9. The number of nitrogens with one attached hydrogen (secondary N) is 1. The molecule has 24 heavy (non-hydrogen) atoms. The number of hydrogen-bond acceptors (Lipinski definition) is 3. The number of ether oxygens (including phenoxy) is 1. The van der Waals surface area contributed by atoms with Gasteiger partial charge in [-0.2, -0.15) is 0 Å². The average molecular weight is 327 g/mol. The summed E-state index contributed by atoms with van der Waals surface area (Å²) in [7, 11) is 0. The minimum Gasteiger partial charge on any atom is -0.478 e. The summed E-state index contributed by atoms with van der Waals surface area (Å²) in [5.41, 5.74) is 2.31. The predicted molar refractivity (Wildman–Crippen MR) is 92.5 cm³/mol. The van der Waals surface area contributed by atoms with Crippen molar-refractivity contribution in [3.8, 4) is 5.75 Å². The SMILES string of the molecule is Cc1ccc(NC(=O)c2ccc(OC(C(=O)O)C(C)C)cc2)cc1. The van der Waals surface area contributed by atoms with Gasteiger partial charge in [-0.3, -0.25) is 4.79 Å². The Hall–Kier alpha value is -2.82. The molecular weight excluding hydrogens is 306 g/mol. The molecule has 0 spiro atoms. The van der Waals surface area contributed by atoms with Crippen molar-refractivity contribution in [3.63, 3.8) is 0 Å². The fourth-order valence-corrected chi connectivity index (χ4v) is 2.14. The van der Waals surface area contributed by atoms with E-state index < -0.39 is 12.1 Å². The maximum absolute atomic E-state index is 12.2. The summed E-state index contributed by atoms with van der Waals surface area (Å²) in [6, 6.07) is 13.9. The average Bonchev–Trinajstić information content (AvgIpc) is 2.54. The van der Waals surface area contributed by atoms with E-state index in [-0.39, 0.29) is 11.8 Å². The first-order chi connectivity index (χ1) is 11.4. The fraction of sp³-hybridized carbons (Fsp3) is 0.263. The Bertz CT molecular complexity index is 705. The first kappa shape index (κ1) is 17.5. The first-order valence-corrected chi connectivity index (χ1v) is 7.74. The Morgan fingerprint density at radius 1 is 1.00 bits per heavy atom. The number of aryl methyl sites for hydroxylation is 1. The van der Waals surface area contributed by atoms with Crippen LogP contribution in [-0.2, 0) is 4.79 Å². The highest BCUT2D eigenvalue weighted by Gasteiger charge is 2.23. The Morgan fingerprint density at radius 2 is 1.58 bits per heavy atom. The number of amides is 1. The van der Waals surface area contributed by atoms with E-state index in [9.17, 15) is 9.59 Å². The number of carboxylic acid groups (broad SMARTS) is 1. The molecule has 0 aliphatic rings. The Kier molecular flexibility index (Phi) is 5.58. The lowest BCUT2D eigenvalue weighted by Gasteiger charge is -2.18. The molecule has 1 atom stereocenters. The van der Waals surface area contributed by atoms with Crippen molar-refractivity contribution < 1.29 is 19.4 Å². The van der Waals surface area contributed by atoms with Crippen LogP contribution in [0.3, 0.4) is 0 Å². The van der Waals surface area contributed by atoms with Gasteiger partial charge in [0.05, 0.1) is 0 Å². The van der Waals surface area contributed by atoms with Gasteiger partial charge in [-0.25, -0.2) is 4.79 Å². The molecule has 2 rings (SSSR count). The number of carbonyl (C=O) groups is 2. The summed E-state index contributed by atoms with van der Waals surface area (Å²) in [4.78, 5) is 23.4. The molecule has 5 nitrogen and oxygen atoms in total. The van der Waals surface area contributed by atoms with Crippen LogP contribution in [-0.4, -0.2) is 23.1 Å². The number of hydrogen-bond donors (Lipinski definition) is 2. The van der Waals surface area contributed by atoms with Gasteiger partial charge in [0.1, 0.15) is 5.75 Å². The standard InChI is InChI=1S/C19H21NO4/c1-12(2)17(19(22)23)24-16-10-6-14(7-11-16)18(21)20-15-8-4-13(3)5-9-15/h4-12,17H,1-3H3,(H,20,21)(H,22,23). The summed E-state index contributed by atoms with van der Waals surface area (Å²) in [6.07, 6.45) is -0.919. The lowest BCUT2D eigenvalue weighted by Crippen LogP contribution is -2.32. The van der Waals surface area contributed by atoms with E-state index in [1.54, 1.807) is 38.1 Å². The molecule has 0 radical (unpaired) electrons. The van der Waals surface area contributed by atoms with Gasteiger partial charge in [0.25, 0.3) is 5.91 Å². The van der Waals surface area contributed by atoms with E-state index in [1.165, 1.54) is 0 Å². The second-order valence-electron chi connectivity index (χ2n) is 5.97. The van der Waals surface area contributed by atoms with Crippen LogP contribution in [0.15, 0.2) is 48.5 Å². The predicted octanol–water partition coefficient (Wildman–Crippen LogP) is 3.74. The first-order valence-electron chi connectivity index (χ1n) is 7.74. The zero-order chi connectivity index (χ0) is 17.7. The van der Waals surface area contributed by atoms with Crippen molar-refractivity contribution in [2.45, 2.75) is 26.9 Å². The molecule has 0 aromatic heterocycles. The lowest BCUT2D eigenvalue weighted by atomic mass is 10.1.